The van der Waals surface area contributed by atoms with Crippen LogP contribution in [0.15, 0.2) is 99.0 Å². The molecule has 0 spiro atoms. The number of hydrogen-bond acceptors (Lipinski definition) is 4. The summed E-state index contributed by atoms with van der Waals surface area (Å²) in [5.41, 5.74) is 8.03. The maximum Gasteiger partial charge on any atom is 0.439 e. The van der Waals surface area contributed by atoms with Gasteiger partial charge in [0.2, 0.25) is 0 Å². The van der Waals surface area contributed by atoms with Crippen LogP contribution < -0.4 is 11.3 Å². The van der Waals surface area contributed by atoms with E-state index in [1.54, 1.807) is 0 Å². The lowest BCUT2D eigenvalue weighted by atomic mass is 9.94. The second-order valence-electron chi connectivity index (χ2n) is 9.99. The van der Waals surface area contributed by atoms with Crippen LogP contribution >= 0.6 is 0 Å². The maximum absolute atomic E-state index is 13.9. The summed E-state index contributed by atoms with van der Waals surface area (Å²) in [6.45, 7) is 4.80. The van der Waals surface area contributed by atoms with E-state index in [4.69, 9.17) is 4.52 Å². The van der Waals surface area contributed by atoms with E-state index in [0.29, 0.717) is 18.8 Å². The van der Waals surface area contributed by atoms with Crippen molar-refractivity contribution in [2.24, 2.45) is 0 Å². The standard InChI is InChI=1S/C33H33N3O3/c1-3-4-6-13-27-20-23(2)36(22-25-11-7-5-8-12-25)32(37)30(27)21-24-16-18-26(19-17-24)28-14-9-10-15-29(28)31-34-33(38)39-35-31/h5,7-12,14-20H,3-4,6,13,21-22H2,1-2H3,(H,34,35,38). The van der Waals surface area contributed by atoms with E-state index in [2.05, 4.69) is 59.5 Å². The van der Waals surface area contributed by atoms with Crippen molar-refractivity contribution >= 4 is 0 Å². The summed E-state index contributed by atoms with van der Waals surface area (Å²) in [4.78, 5) is 28.0. The van der Waals surface area contributed by atoms with Gasteiger partial charge in [0.1, 0.15) is 0 Å². The normalized spacial score (nSPS) is 11.1. The van der Waals surface area contributed by atoms with Crippen LogP contribution in [0.3, 0.4) is 0 Å². The van der Waals surface area contributed by atoms with Crippen molar-refractivity contribution in [3.05, 3.63) is 134 Å². The minimum atomic E-state index is -0.582. The van der Waals surface area contributed by atoms with Gasteiger partial charge in [0.25, 0.3) is 5.56 Å². The second kappa shape index (κ2) is 11.9. The van der Waals surface area contributed by atoms with Gasteiger partial charge in [-0.15, -0.1) is 0 Å². The van der Waals surface area contributed by atoms with E-state index in [1.165, 1.54) is 0 Å². The number of aromatic nitrogens is 3. The summed E-state index contributed by atoms with van der Waals surface area (Å²) in [5.74, 6) is -0.184. The van der Waals surface area contributed by atoms with E-state index < -0.39 is 5.76 Å². The molecule has 6 nitrogen and oxygen atoms in total. The molecule has 0 unspecified atom stereocenters. The van der Waals surface area contributed by atoms with Crippen LogP contribution in [0.5, 0.6) is 0 Å². The average Bonchev–Trinajstić information content (AvgIpc) is 3.40. The van der Waals surface area contributed by atoms with Crippen molar-refractivity contribution in [1.29, 1.82) is 0 Å². The molecule has 1 N–H and O–H groups in total. The molecule has 2 aromatic heterocycles. The van der Waals surface area contributed by atoms with Crippen LogP contribution in [0.4, 0.5) is 0 Å². The third kappa shape index (κ3) is 6.01. The largest absolute Gasteiger partial charge is 0.439 e. The maximum atomic E-state index is 13.9. The average molecular weight is 520 g/mol. The third-order valence-electron chi connectivity index (χ3n) is 7.20. The van der Waals surface area contributed by atoms with Gasteiger partial charge in [0.15, 0.2) is 5.82 Å². The SMILES string of the molecule is CCCCCc1cc(C)n(Cc2ccccc2)c(=O)c1Cc1ccc(-c2ccccc2-c2noc(=O)[nH]2)cc1. The summed E-state index contributed by atoms with van der Waals surface area (Å²) in [6, 6.07) is 28.4. The molecule has 0 aliphatic rings. The first kappa shape index (κ1) is 26.2. The van der Waals surface area contributed by atoms with Crippen molar-refractivity contribution in [3.8, 4) is 22.5 Å². The summed E-state index contributed by atoms with van der Waals surface area (Å²) < 4.78 is 6.62. The molecule has 198 valence electrons. The number of nitrogens with zero attached hydrogens (tertiary/aromatic N) is 2. The quantitative estimate of drug-likeness (QED) is 0.213. The van der Waals surface area contributed by atoms with Crippen molar-refractivity contribution in [1.82, 2.24) is 14.7 Å². The van der Waals surface area contributed by atoms with Gasteiger partial charge in [-0.2, -0.15) is 0 Å². The fourth-order valence-electron chi connectivity index (χ4n) is 5.11. The van der Waals surface area contributed by atoms with Crippen molar-refractivity contribution in [2.45, 2.75) is 52.5 Å². The Morgan fingerprint density at radius 3 is 2.26 bits per heavy atom. The number of H-pyrrole nitrogens is 1. The van der Waals surface area contributed by atoms with Gasteiger partial charge < -0.3 is 4.57 Å². The van der Waals surface area contributed by atoms with E-state index in [0.717, 1.165) is 70.3 Å². The minimum Gasteiger partial charge on any atom is -0.308 e. The number of benzene rings is 3. The summed E-state index contributed by atoms with van der Waals surface area (Å²) in [6.07, 6.45) is 4.85. The number of rotatable bonds is 10. The van der Waals surface area contributed by atoms with Crippen LogP contribution in [0.25, 0.3) is 22.5 Å². The predicted molar refractivity (Wildman–Crippen MR) is 155 cm³/mol. The lowest BCUT2D eigenvalue weighted by Crippen LogP contribution is -2.28. The number of aryl methyl sites for hydroxylation is 2. The molecule has 5 rings (SSSR count). The zero-order valence-electron chi connectivity index (χ0n) is 22.4. The molecule has 5 aromatic rings. The molecule has 0 amide bonds. The predicted octanol–water partition coefficient (Wildman–Crippen LogP) is 6.54. The molecule has 0 radical (unpaired) electrons. The molecule has 3 aromatic carbocycles. The molecule has 0 aliphatic carbocycles. The van der Waals surface area contributed by atoms with Gasteiger partial charge >= 0.3 is 5.76 Å². The van der Waals surface area contributed by atoms with Crippen molar-refractivity contribution < 1.29 is 4.52 Å². The Morgan fingerprint density at radius 2 is 1.56 bits per heavy atom. The number of aromatic amines is 1. The fraction of sp³-hybridized carbons (Fsp3) is 0.242. The first-order valence-corrected chi connectivity index (χ1v) is 13.5. The van der Waals surface area contributed by atoms with Crippen LogP contribution in [0, 0.1) is 6.92 Å². The number of nitrogens with one attached hydrogen (secondary N) is 1. The fourth-order valence-corrected chi connectivity index (χ4v) is 5.11. The first-order chi connectivity index (χ1) is 19.0. The summed E-state index contributed by atoms with van der Waals surface area (Å²) in [7, 11) is 0. The topological polar surface area (TPSA) is 80.9 Å². The summed E-state index contributed by atoms with van der Waals surface area (Å²) in [5, 5.41) is 3.86. The molecule has 0 saturated heterocycles. The highest BCUT2D eigenvalue weighted by Crippen LogP contribution is 2.30. The number of pyridine rings is 1. The van der Waals surface area contributed by atoms with E-state index in [9.17, 15) is 9.59 Å². The Labute approximate surface area is 228 Å². The van der Waals surface area contributed by atoms with Crippen LogP contribution in [0.1, 0.15) is 54.1 Å². The van der Waals surface area contributed by atoms with Gasteiger partial charge in [0.05, 0.1) is 6.54 Å². The summed E-state index contributed by atoms with van der Waals surface area (Å²) >= 11 is 0. The van der Waals surface area contributed by atoms with Gasteiger partial charge in [0, 0.05) is 23.2 Å². The molecular formula is C33H33N3O3. The highest BCUT2D eigenvalue weighted by atomic mass is 16.5. The lowest BCUT2D eigenvalue weighted by molar-refractivity contribution is 0.388. The Morgan fingerprint density at radius 1 is 0.846 bits per heavy atom. The van der Waals surface area contributed by atoms with E-state index >= 15 is 0 Å². The highest BCUT2D eigenvalue weighted by Gasteiger charge is 2.15. The molecular weight excluding hydrogens is 486 g/mol. The molecule has 0 fully saturated rings. The molecule has 0 aliphatic heterocycles. The van der Waals surface area contributed by atoms with Gasteiger partial charge in [-0.05, 0) is 53.6 Å². The monoisotopic (exact) mass is 519 g/mol. The molecule has 2 heterocycles. The van der Waals surface area contributed by atoms with Crippen molar-refractivity contribution in [2.75, 3.05) is 0 Å². The first-order valence-electron chi connectivity index (χ1n) is 13.5. The Bertz CT molecular complexity index is 1660. The third-order valence-corrected chi connectivity index (χ3v) is 7.20. The van der Waals surface area contributed by atoms with Crippen LogP contribution in [0.2, 0.25) is 0 Å². The van der Waals surface area contributed by atoms with Gasteiger partial charge in [-0.1, -0.05) is 104 Å². The van der Waals surface area contributed by atoms with E-state index in [1.807, 2.05) is 54.0 Å². The Balaban J connectivity index is 1.47. The van der Waals surface area contributed by atoms with Crippen molar-refractivity contribution in [3.63, 3.8) is 0 Å². The number of hydrogen-bond donors (Lipinski definition) is 1. The molecule has 6 heteroatoms. The lowest BCUT2D eigenvalue weighted by Gasteiger charge is -2.17. The zero-order valence-corrected chi connectivity index (χ0v) is 22.4. The second-order valence-corrected chi connectivity index (χ2v) is 9.99. The van der Waals surface area contributed by atoms with Crippen LogP contribution in [-0.4, -0.2) is 14.7 Å². The van der Waals surface area contributed by atoms with Gasteiger partial charge in [-0.25, -0.2) is 4.79 Å². The smallest absolute Gasteiger partial charge is 0.308 e. The molecule has 0 saturated carbocycles. The zero-order chi connectivity index (χ0) is 27.2. The molecule has 0 atom stereocenters. The minimum absolute atomic E-state index is 0.0924. The Kier molecular flexibility index (Phi) is 8.02. The molecule has 0 bridgehead atoms. The number of unbranched alkanes of at least 4 members (excludes halogenated alkanes) is 2. The van der Waals surface area contributed by atoms with Gasteiger partial charge in [-0.3, -0.25) is 14.3 Å². The Hall–Kier alpha value is -4.45. The molecule has 39 heavy (non-hydrogen) atoms. The van der Waals surface area contributed by atoms with E-state index in [-0.39, 0.29) is 5.56 Å². The van der Waals surface area contributed by atoms with Crippen LogP contribution in [-0.2, 0) is 19.4 Å². The highest BCUT2D eigenvalue weighted by molar-refractivity contribution is 5.80.